The van der Waals surface area contributed by atoms with E-state index in [2.05, 4.69) is 15.9 Å². The van der Waals surface area contributed by atoms with Gasteiger partial charge >= 0.3 is 0 Å². The minimum Gasteiger partial charge on any atom is -0.494 e. The van der Waals surface area contributed by atoms with E-state index in [1.807, 2.05) is 6.07 Å². The highest BCUT2D eigenvalue weighted by molar-refractivity contribution is 9.10. The van der Waals surface area contributed by atoms with Crippen molar-refractivity contribution in [1.29, 1.82) is 0 Å². The molecule has 0 fully saturated rings. The number of carbonyl (C=O) groups excluding carboxylic acids is 1. The topological polar surface area (TPSA) is 26.3 Å². The van der Waals surface area contributed by atoms with Crippen molar-refractivity contribution in [3.05, 3.63) is 62.8 Å². The van der Waals surface area contributed by atoms with Crippen LogP contribution in [0.2, 0.25) is 5.02 Å². The Hall–Kier alpha value is -1.39. The van der Waals surface area contributed by atoms with E-state index in [-0.39, 0.29) is 18.0 Å². The predicted molar refractivity (Wildman–Crippen MR) is 80.1 cm³/mol. The Morgan fingerprint density at radius 2 is 2.05 bits per heavy atom. The van der Waals surface area contributed by atoms with E-state index in [4.69, 9.17) is 16.3 Å². The van der Waals surface area contributed by atoms with E-state index in [1.165, 1.54) is 25.3 Å². The number of carbonyl (C=O) groups is 1. The Kier molecular flexibility index (Phi) is 4.78. The van der Waals surface area contributed by atoms with Crippen LogP contribution >= 0.6 is 27.5 Å². The lowest BCUT2D eigenvalue weighted by Gasteiger charge is -2.07. The average molecular weight is 358 g/mol. The summed E-state index contributed by atoms with van der Waals surface area (Å²) in [6, 6.07) is 9.38. The second-order valence-corrected chi connectivity index (χ2v) is 5.51. The van der Waals surface area contributed by atoms with Crippen molar-refractivity contribution in [2.75, 3.05) is 7.11 Å². The maximum atomic E-state index is 13.3. The largest absolute Gasteiger partial charge is 0.494 e. The van der Waals surface area contributed by atoms with E-state index >= 15 is 0 Å². The van der Waals surface area contributed by atoms with Crippen LogP contribution in [0.3, 0.4) is 0 Å². The molecule has 0 N–H and O–H groups in total. The van der Waals surface area contributed by atoms with Crippen molar-refractivity contribution in [3.8, 4) is 5.75 Å². The van der Waals surface area contributed by atoms with Crippen LogP contribution in [-0.2, 0) is 6.42 Å². The predicted octanol–water partition coefficient (Wildman–Crippen LogP) is 4.68. The van der Waals surface area contributed by atoms with Gasteiger partial charge in [-0.25, -0.2) is 4.39 Å². The van der Waals surface area contributed by atoms with Crippen LogP contribution in [0.1, 0.15) is 15.9 Å². The first-order chi connectivity index (χ1) is 9.51. The van der Waals surface area contributed by atoms with Gasteiger partial charge in [-0.1, -0.05) is 33.6 Å². The van der Waals surface area contributed by atoms with Gasteiger partial charge in [-0.3, -0.25) is 4.79 Å². The lowest BCUT2D eigenvalue weighted by molar-refractivity contribution is 0.0992. The van der Waals surface area contributed by atoms with Crippen molar-refractivity contribution >= 4 is 33.3 Å². The Morgan fingerprint density at radius 3 is 2.70 bits per heavy atom. The Bertz CT molecular complexity index is 658. The first kappa shape index (κ1) is 15.0. The molecule has 0 amide bonds. The number of methoxy groups -OCH3 is 1. The van der Waals surface area contributed by atoms with Crippen molar-refractivity contribution in [2.45, 2.75) is 6.42 Å². The third-order valence-electron chi connectivity index (χ3n) is 2.84. The van der Waals surface area contributed by atoms with Gasteiger partial charge in [-0.05, 0) is 35.9 Å². The zero-order valence-corrected chi connectivity index (χ0v) is 13.0. The summed E-state index contributed by atoms with van der Waals surface area (Å²) in [6.45, 7) is 0. The van der Waals surface area contributed by atoms with Crippen molar-refractivity contribution in [3.63, 3.8) is 0 Å². The summed E-state index contributed by atoms with van der Waals surface area (Å²) in [5, 5.41) is 0.516. The van der Waals surface area contributed by atoms with Gasteiger partial charge in [0.05, 0.1) is 7.11 Å². The first-order valence-corrected chi connectivity index (χ1v) is 6.99. The monoisotopic (exact) mass is 356 g/mol. The summed E-state index contributed by atoms with van der Waals surface area (Å²) in [6.07, 6.45) is 0.154. The summed E-state index contributed by atoms with van der Waals surface area (Å²) in [5.74, 6) is -0.587. The number of rotatable bonds is 4. The van der Waals surface area contributed by atoms with Gasteiger partial charge in [-0.2, -0.15) is 0 Å². The standard InChI is InChI=1S/C15H11BrClFO2/c1-20-15-7-10(3-5-13(15)18)14(19)6-9-2-4-11(16)8-12(9)17/h2-5,7-8H,6H2,1H3. The quantitative estimate of drug-likeness (QED) is 0.743. The lowest BCUT2D eigenvalue weighted by Crippen LogP contribution is -2.05. The van der Waals surface area contributed by atoms with Crippen molar-refractivity contribution in [1.82, 2.24) is 0 Å². The molecule has 0 spiro atoms. The molecule has 0 saturated heterocycles. The van der Waals surface area contributed by atoms with Gasteiger partial charge in [0, 0.05) is 21.5 Å². The second-order valence-electron chi connectivity index (χ2n) is 4.19. The zero-order valence-electron chi connectivity index (χ0n) is 10.6. The molecule has 2 nitrogen and oxygen atoms in total. The fourth-order valence-corrected chi connectivity index (χ4v) is 2.51. The summed E-state index contributed by atoms with van der Waals surface area (Å²) >= 11 is 9.38. The van der Waals surface area contributed by atoms with E-state index in [0.717, 1.165) is 10.0 Å². The van der Waals surface area contributed by atoms with Crippen LogP contribution in [0.5, 0.6) is 5.75 Å². The van der Waals surface area contributed by atoms with Gasteiger partial charge in [0.25, 0.3) is 0 Å². The van der Waals surface area contributed by atoms with Crippen molar-refractivity contribution in [2.24, 2.45) is 0 Å². The third-order valence-corrected chi connectivity index (χ3v) is 3.68. The highest BCUT2D eigenvalue weighted by atomic mass is 79.9. The van der Waals surface area contributed by atoms with Crippen LogP contribution in [0.4, 0.5) is 4.39 Å². The number of halogens is 3. The number of Topliss-reactive ketones (excluding diaryl/α,β-unsaturated/α-hetero) is 1. The zero-order chi connectivity index (χ0) is 14.7. The van der Waals surface area contributed by atoms with Crippen molar-refractivity contribution < 1.29 is 13.9 Å². The van der Waals surface area contributed by atoms with Crippen LogP contribution < -0.4 is 4.74 Å². The highest BCUT2D eigenvalue weighted by Gasteiger charge is 2.12. The molecule has 0 aliphatic carbocycles. The number of ketones is 1. The molecular weight excluding hydrogens is 347 g/mol. The molecule has 0 radical (unpaired) electrons. The van der Waals surface area contributed by atoms with E-state index in [1.54, 1.807) is 12.1 Å². The molecule has 20 heavy (non-hydrogen) atoms. The average Bonchev–Trinajstić information content (AvgIpc) is 2.42. The molecule has 5 heteroatoms. The normalized spacial score (nSPS) is 10.4. The molecular formula is C15H11BrClFO2. The highest BCUT2D eigenvalue weighted by Crippen LogP contribution is 2.24. The molecule has 0 unspecified atom stereocenters. The van der Waals surface area contributed by atoms with Gasteiger partial charge in [-0.15, -0.1) is 0 Å². The van der Waals surface area contributed by atoms with Crippen LogP contribution in [-0.4, -0.2) is 12.9 Å². The fourth-order valence-electron chi connectivity index (χ4n) is 1.77. The van der Waals surface area contributed by atoms with Gasteiger partial charge in [0.15, 0.2) is 17.3 Å². The van der Waals surface area contributed by atoms with Gasteiger partial charge < -0.3 is 4.74 Å². The molecule has 2 aromatic rings. The van der Waals surface area contributed by atoms with Gasteiger partial charge in [0.2, 0.25) is 0 Å². The molecule has 0 aliphatic rings. The van der Waals surface area contributed by atoms with Crippen LogP contribution in [0, 0.1) is 5.82 Å². The third kappa shape index (κ3) is 3.38. The van der Waals surface area contributed by atoms with Crippen LogP contribution in [0.15, 0.2) is 40.9 Å². The smallest absolute Gasteiger partial charge is 0.167 e. The van der Waals surface area contributed by atoms with Crippen LogP contribution in [0.25, 0.3) is 0 Å². The molecule has 2 rings (SSSR count). The molecule has 0 bridgehead atoms. The first-order valence-electron chi connectivity index (χ1n) is 5.82. The number of hydrogen-bond donors (Lipinski definition) is 0. The number of hydrogen-bond acceptors (Lipinski definition) is 2. The Labute approximate surface area is 129 Å². The molecule has 0 aliphatic heterocycles. The minimum atomic E-state index is -0.495. The SMILES string of the molecule is COc1cc(C(=O)Cc2ccc(Br)cc2Cl)ccc1F. The summed E-state index contributed by atoms with van der Waals surface area (Å²) < 4.78 is 19.0. The molecule has 0 atom stereocenters. The molecule has 104 valence electrons. The molecule has 2 aromatic carbocycles. The molecule has 0 saturated carbocycles. The number of ether oxygens (including phenoxy) is 1. The Balaban J connectivity index is 2.24. The minimum absolute atomic E-state index is 0.0535. The summed E-state index contributed by atoms with van der Waals surface area (Å²) in [4.78, 5) is 12.2. The summed E-state index contributed by atoms with van der Waals surface area (Å²) in [7, 11) is 1.36. The van der Waals surface area contributed by atoms with E-state index in [0.29, 0.717) is 10.6 Å². The second kappa shape index (κ2) is 6.37. The summed E-state index contributed by atoms with van der Waals surface area (Å²) in [5.41, 5.74) is 1.12. The molecule has 0 aromatic heterocycles. The maximum absolute atomic E-state index is 13.3. The Morgan fingerprint density at radius 1 is 1.30 bits per heavy atom. The fraction of sp³-hybridized carbons (Fsp3) is 0.133. The van der Waals surface area contributed by atoms with Gasteiger partial charge in [0.1, 0.15) is 0 Å². The number of benzene rings is 2. The molecule has 0 heterocycles. The van der Waals surface area contributed by atoms with E-state index in [9.17, 15) is 9.18 Å². The lowest BCUT2D eigenvalue weighted by atomic mass is 10.0. The van der Waals surface area contributed by atoms with E-state index < -0.39 is 5.82 Å². The maximum Gasteiger partial charge on any atom is 0.167 e.